The van der Waals surface area contributed by atoms with Crippen LogP contribution in [0.15, 0.2) is 40.8 Å². The lowest BCUT2D eigenvalue weighted by Crippen LogP contribution is -2.22. The van der Waals surface area contributed by atoms with Gasteiger partial charge in [-0.3, -0.25) is 4.79 Å². The number of carbonyl (C=O) groups excluding carboxylic acids is 1. The fourth-order valence-electron chi connectivity index (χ4n) is 1.45. The largest absolute Gasteiger partial charge is 0.465 e. The lowest BCUT2D eigenvalue weighted by atomic mass is 10.2. The maximum Gasteiger partial charge on any atom is 0.251 e. The van der Waals surface area contributed by atoms with Gasteiger partial charge in [0.1, 0.15) is 11.5 Å². The molecule has 0 aliphatic carbocycles. The fraction of sp³-hybridized carbons (Fsp3) is 0.154. The summed E-state index contributed by atoms with van der Waals surface area (Å²) in [5.41, 5.74) is 0.661. The maximum absolute atomic E-state index is 11.8. The maximum atomic E-state index is 11.8. The van der Waals surface area contributed by atoms with Crippen LogP contribution >= 0.6 is 22.6 Å². The van der Waals surface area contributed by atoms with E-state index < -0.39 is 0 Å². The van der Waals surface area contributed by atoms with Crippen LogP contribution < -0.4 is 5.32 Å². The topological polar surface area (TPSA) is 42.2 Å². The summed E-state index contributed by atoms with van der Waals surface area (Å²) >= 11 is 2.21. The predicted molar refractivity (Wildman–Crippen MR) is 73.8 cm³/mol. The Kier molecular flexibility index (Phi) is 3.83. The normalized spacial score (nSPS) is 10.2. The molecule has 1 heterocycles. The third kappa shape index (κ3) is 3.33. The van der Waals surface area contributed by atoms with Gasteiger partial charge in [0, 0.05) is 9.13 Å². The lowest BCUT2D eigenvalue weighted by Gasteiger charge is -2.03. The molecular weight excluding hydrogens is 329 g/mol. The standard InChI is InChI=1S/C13H12INO2/c1-9-2-7-12(17-9)8-15-13(16)10-3-5-11(14)6-4-10/h2-7H,8H2,1H3,(H,15,16). The number of hydrogen-bond donors (Lipinski definition) is 1. The molecule has 0 saturated heterocycles. The Morgan fingerprint density at radius 1 is 1.24 bits per heavy atom. The van der Waals surface area contributed by atoms with Gasteiger partial charge in [-0.2, -0.15) is 0 Å². The van der Waals surface area contributed by atoms with Crippen molar-refractivity contribution in [3.63, 3.8) is 0 Å². The highest BCUT2D eigenvalue weighted by Gasteiger charge is 2.06. The molecule has 17 heavy (non-hydrogen) atoms. The number of halogens is 1. The first-order valence-corrected chi connectivity index (χ1v) is 6.32. The minimum atomic E-state index is -0.0875. The van der Waals surface area contributed by atoms with E-state index in [0.29, 0.717) is 12.1 Å². The van der Waals surface area contributed by atoms with Gasteiger partial charge in [-0.25, -0.2) is 0 Å². The van der Waals surface area contributed by atoms with Gasteiger partial charge in [-0.1, -0.05) is 0 Å². The van der Waals surface area contributed by atoms with Gasteiger partial charge in [-0.05, 0) is 65.9 Å². The number of rotatable bonds is 3. The van der Waals surface area contributed by atoms with Gasteiger partial charge in [0.05, 0.1) is 6.54 Å². The van der Waals surface area contributed by atoms with Crippen LogP contribution in [-0.4, -0.2) is 5.91 Å². The van der Waals surface area contributed by atoms with Crippen LogP contribution in [0.5, 0.6) is 0 Å². The van der Waals surface area contributed by atoms with Crippen LogP contribution in [0.1, 0.15) is 21.9 Å². The zero-order valence-electron chi connectivity index (χ0n) is 9.37. The third-order valence-corrected chi connectivity index (χ3v) is 3.04. The molecule has 0 bridgehead atoms. The molecule has 0 unspecified atom stereocenters. The van der Waals surface area contributed by atoms with Crippen LogP contribution in [0.4, 0.5) is 0 Å². The zero-order chi connectivity index (χ0) is 12.3. The van der Waals surface area contributed by atoms with Gasteiger partial charge in [0.2, 0.25) is 0 Å². The second-order valence-electron chi connectivity index (χ2n) is 3.70. The van der Waals surface area contributed by atoms with E-state index in [1.165, 1.54) is 0 Å². The van der Waals surface area contributed by atoms with Gasteiger partial charge >= 0.3 is 0 Å². The van der Waals surface area contributed by atoms with Crippen molar-refractivity contribution in [2.75, 3.05) is 0 Å². The number of carbonyl (C=O) groups is 1. The van der Waals surface area contributed by atoms with Crippen LogP contribution in [0.2, 0.25) is 0 Å². The fourth-order valence-corrected chi connectivity index (χ4v) is 1.81. The number of amides is 1. The molecule has 0 saturated carbocycles. The Balaban J connectivity index is 1.95. The summed E-state index contributed by atoms with van der Waals surface area (Å²) in [4.78, 5) is 11.8. The summed E-state index contributed by atoms with van der Waals surface area (Å²) in [7, 11) is 0. The van der Waals surface area contributed by atoms with E-state index in [1.807, 2.05) is 43.3 Å². The van der Waals surface area contributed by atoms with E-state index >= 15 is 0 Å². The summed E-state index contributed by atoms with van der Waals surface area (Å²) in [6.45, 7) is 2.29. The van der Waals surface area contributed by atoms with E-state index in [-0.39, 0.29) is 5.91 Å². The molecular formula is C13H12INO2. The highest BCUT2D eigenvalue weighted by molar-refractivity contribution is 14.1. The van der Waals surface area contributed by atoms with Crippen LogP contribution in [0.3, 0.4) is 0 Å². The van der Waals surface area contributed by atoms with E-state index in [4.69, 9.17) is 4.42 Å². The van der Waals surface area contributed by atoms with Crippen molar-refractivity contribution in [1.29, 1.82) is 0 Å². The Bertz CT molecular complexity index is 516. The molecule has 0 atom stereocenters. The second-order valence-corrected chi connectivity index (χ2v) is 4.95. The predicted octanol–water partition coefficient (Wildman–Crippen LogP) is 3.12. The monoisotopic (exact) mass is 341 g/mol. The van der Waals surface area contributed by atoms with Gasteiger partial charge in [0.15, 0.2) is 0 Å². The number of nitrogens with one attached hydrogen (secondary N) is 1. The molecule has 0 aliphatic heterocycles. The highest BCUT2D eigenvalue weighted by atomic mass is 127. The van der Waals surface area contributed by atoms with Crippen LogP contribution in [0.25, 0.3) is 0 Å². The summed E-state index contributed by atoms with van der Waals surface area (Å²) in [5.74, 6) is 1.53. The third-order valence-electron chi connectivity index (χ3n) is 2.33. The van der Waals surface area contributed by atoms with Crippen molar-refractivity contribution in [1.82, 2.24) is 5.32 Å². The number of benzene rings is 1. The SMILES string of the molecule is Cc1ccc(CNC(=O)c2ccc(I)cc2)o1. The summed E-state index contributed by atoms with van der Waals surface area (Å²) in [6.07, 6.45) is 0. The van der Waals surface area contributed by atoms with Gasteiger partial charge in [-0.15, -0.1) is 0 Å². The number of hydrogen-bond acceptors (Lipinski definition) is 2. The molecule has 0 radical (unpaired) electrons. The average Bonchev–Trinajstić information content (AvgIpc) is 2.73. The average molecular weight is 341 g/mol. The van der Waals surface area contributed by atoms with E-state index in [2.05, 4.69) is 27.9 Å². The van der Waals surface area contributed by atoms with Crippen molar-refractivity contribution < 1.29 is 9.21 Å². The Labute approximate surface area is 113 Å². The minimum absolute atomic E-state index is 0.0875. The quantitative estimate of drug-likeness (QED) is 0.872. The molecule has 3 nitrogen and oxygen atoms in total. The van der Waals surface area contributed by atoms with Gasteiger partial charge < -0.3 is 9.73 Å². The molecule has 2 aromatic rings. The first kappa shape index (κ1) is 12.2. The summed E-state index contributed by atoms with van der Waals surface area (Å²) in [6, 6.07) is 11.2. The van der Waals surface area contributed by atoms with Gasteiger partial charge in [0.25, 0.3) is 5.91 Å². The molecule has 88 valence electrons. The molecule has 4 heteroatoms. The van der Waals surface area contributed by atoms with E-state index in [0.717, 1.165) is 15.1 Å². The minimum Gasteiger partial charge on any atom is -0.465 e. The first-order chi connectivity index (χ1) is 8.15. The van der Waals surface area contributed by atoms with Crippen molar-refractivity contribution in [2.24, 2.45) is 0 Å². The van der Waals surface area contributed by atoms with Crippen LogP contribution in [0, 0.1) is 10.5 Å². The Hall–Kier alpha value is -1.30. The Morgan fingerprint density at radius 3 is 2.53 bits per heavy atom. The summed E-state index contributed by atoms with van der Waals surface area (Å²) < 4.78 is 6.48. The first-order valence-electron chi connectivity index (χ1n) is 5.24. The summed E-state index contributed by atoms with van der Waals surface area (Å²) in [5, 5.41) is 2.81. The van der Waals surface area contributed by atoms with E-state index in [9.17, 15) is 4.79 Å². The van der Waals surface area contributed by atoms with Crippen LogP contribution in [-0.2, 0) is 6.54 Å². The molecule has 1 aromatic heterocycles. The molecule has 0 aliphatic rings. The molecule has 0 fully saturated rings. The second kappa shape index (κ2) is 5.35. The van der Waals surface area contributed by atoms with Crippen molar-refractivity contribution in [3.8, 4) is 0 Å². The number of furan rings is 1. The van der Waals surface area contributed by atoms with Crippen molar-refractivity contribution >= 4 is 28.5 Å². The zero-order valence-corrected chi connectivity index (χ0v) is 11.5. The molecule has 0 spiro atoms. The molecule has 2 rings (SSSR count). The smallest absolute Gasteiger partial charge is 0.251 e. The van der Waals surface area contributed by atoms with Crippen molar-refractivity contribution in [3.05, 3.63) is 57.1 Å². The van der Waals surface area contributed by atoms with E-state index in [1.54, 1.807) is 0 Å². The lowest BCUT2D eigenvalue weighted by molar-refractivity contribution is 0.0948. The molecule has 1 amide bonds. The molecule has 1 N–H and O–H groups in total. The number of aryl methyl sites for hydroxylation is 1. The highest BCUT2D eigenvalue weighted by Crippen LogP contribution is 2.08. The Morgan fingerprint density at radius 2 is 1.94 bits per heavy atom. The van der Waals surface area contributed by atoms with Crippen molar-refractivity contribution in [2.45, 2.75) is 13.5 Å². The molecule has 1 aromatic carbocycles.